The SMILES string of the molecule is CC(C)C[C@H](N=C1NS(=O)(=O)c2ccccc21)C(=O)N1CCC(C)CC1. The Morgan fingerprint density at radius 2 is 1.92 bits per heavy atom. The van der Waals surface area contributed by atoms with Crippen molar-refractivity contribution >= 4 is 21.8 Å². The third-order valence-corrected chi connectivity index (χ3v) is 6.42. The number of sulfonamides is 1. The van der Waals surface area contributed by atoms with Crippen LogP contribution in [0.15, 0.2) is 34.2 Å². The summed E-state index contributed by atoms with van der Waals surface area (Å²) in [5, 5.41) is 0. The number of nitrogens with zero attached hydrogens (tertiary/aromatic N) is 2. The average Bonchev–Trinajstić information content (AvgIpc) is 2.85. The Morgan fingerprint density at radius 3 is 2.58 bits per heavy atom. The molecule has 0 bridgehead atoms. The van der Waals surface area contributed by atoms with E-state index in [1.54, 1.807) is 24.3 Å². The lowest BCUT2D eigenvalue weighted by Gasteiger charge is -2.32. The van der Waals surface area contributed by atoms with E-state index in [2.05, 4.69) is 16.6 Å². The summed E-state index contributed by atoms with van der Waals surface area (Å²) in [6.07, 6.45) is 2.61. The minimum absolute atomic E-state index is 0.00155. The number of hydrogen-bond acceptors (Lipinski definition) is 4. The fourth-order valence-corrected chi connectivity index (χ4v) is 4.72. The fraction of sp³-hybridized carbons (Fsp3) is 0.579. The first-order valence-electron chi connectivity index (χ1n) is 9.26. The second-order valence-electron chi connectivity index (χ2n) is 7.73. The van der Waals surface area contributed by atoms with Crippen LogP contribution in [-0.2, 0) is 14.8 Å². The second-order valence-corrected chi connectivity index (χ2v) is 9.38. The van der Waals surface area contributed by atoms with Gasteiger partial charge in [0.2, 0.25) is 5.91 Å². The van der Waals surface area contributed by atoms with Gasteiger partial charge in [-0.3, -0.25) is 14.5 Å². The highest BCUT2D eigenvalue weighted by Gasteiger charge is 2.33. The third-order valence-electron chi connectivity index (χ3n) is 5.02. The zero-order valence-corrected chi connectivity index (χ0v) is 16.4. The molecule has 0 unspecified atom stereocenters. The van der Waals surface area contributed by atoms with Crippen LogP contribution in [0, 0.1) is 11.8 Å². The summed E-state index contributed by atoms with van der Waals surface area (Å²) in [5.74, 6) is 1.21. The highest BCUT2D eigenvalue weighted by atomic mass is 32.2. The van der Waals surface area contributed by atoms with Crippen LogP contribution in [0.3, 0.4) is 0 Å². The van der Waals surface area contributed by atoms with Gasteiger partial charge < -0.3 is 4.90 Å². The summed E-state index contributed by atoms with van der Waals surface area (Å²) in [7, 11) is -3.59. The maximum Gasteiger partial charge on any atom is 0.263 e. The molecule has 0 spiro atoms. The molecule has 2 aliphatic rings. The molecule has 0 saturated carbocycles. The summed E-state index contributed by atoms with van der Waals surface area (Å²) in [6.45, 7) is 7.80. The van der Waals surface area contributed by atoms with E-state index < -0.39 is 16.1 Å². The van der Waals surface area contributed by atoms with Crippen LogP contribution in [-0.4, -0.2) is 44.2 Å². The molecular weight excluding hydrogens is 350 g/mol. The maximum atomic E-state index is 13.0. The molecule has 1 atom stereocenters. The molecule has 6 nitrogen and oxygen atoms in total. The van der Waals surface area contributed by atoms with Crippen molar-refractivity contribution in [3.8, 4) is 0 Å². The lowest BCUT2D eigenvalue weighted by atomic mass is 9.97. The molecular formula is C19H27N3O3S. The maximum absolute atomic E-state index is 13.0. The number of rotatable bonds is 4. The van der Waals surface area contributed by atoms with Crippen LogP contribution in [0.2, 0.25) is 0 Å². The largest absolute Gasteiger partial charge is 0.341 e. The van der Waals surface area contributed by atoms with Crippen LogP contribution in [0.4, 0.5) is 0 Å². The van der Waals surface area contributed by atoms with E-state index in [0.29, 0.717) is 17.9 Å². The van der Waals surface area contributed by atoms with Gasteiger partial charge >= 0.3 is 0 Å². The quantitative estimate of drug-likeness (QED) is 0.875. The summed E-state index contributed by atoms with van der Waals surface area (Å²) < 4.78 is 27.1. The van der Waals surface area contributed by atoms with Crippen molar-refractivity contribution in [3.63, 3.8) is 0 Å². The van der Waals surface area contributed by atoms with Crippen molar-refractivity contribution in [2.75, 3.05) is 13.1 Å². The number of hydrogen-bond donors (Lipinski definition) is 1. The first-order chi connectivity index (χ1) is 12.3. The monoisotopic (exact) mass is 377 g/mol. The lowest BCUT2D eigenvalue weighted by Crippen LogP contribution is -2.44. The van der Waals surface area contributed by atoms with E-state index >= 15 is 0 Å². The van der Waals surface area contributed by atoms with Crippen molar-refractivity contribution in [2.24, 2.45) is 16.8 Å². The molecule has 0 aliphatic carbocycles. The van der Waals surface area contributed by atoms with Crippen LogP contribution < -0.4 is 4.72 Å². The smallest absolute Gasteiger partial charge is 0.263 e. The molecule has 2 heterocycles. The van der Waals surface area contributed by atoms with Crippen molar-refractivity contribution in [1.82, 2.24) is 9.62 Å². The van der Waals surface area contributed by atoms with Crippen LogP contribution in [0.1, 0.15) is 45.6 Å². The van der Waals surface area contributed by atoms with E-state index in [4.69, 9.17) is 0 Å². The number of benzene rings is 1. The summed E-state index contributed by atoms with van der Waals surface area (Å²) in [6, 6.07) is 6.19. The second kappa shape index (κ2) is 7.39. The van der Waals surface area contributed by atoms with E-state index in [1.807, 2.05) is 18.7 Å². The van der Waals surface area contributed by atoms with Crippen LogP contribution >= 0.6 is 0 Å². The Balaban J connectivity index is 1.90. The molecule has 1 N–H and O–H groups in total. The molecule has 142 valence electrons. The molecule has 7 heteroatoms. The average molecular weight is 378 g/mol. The Hall–Kier alpha value is -1.89. The molecule has 1 aromatic carbocycles. The van der Waals surface area contributed by atoms with Gasteiger partial charge in [0.1, 0.15) is 11.9 Å². The van der Waals surface area contributed by atoms with Crippen LogP contribution in [0.5, 0.6) is 0 Å². The first kappa shape index (κ1) is 18.9. The molecule has 1 fully saturated rings. The lowest BCUT2D eigenvalue weighted by molar-refractivity contribution is -0.134. The highest BCUT2D eigenvalue weighted by molar-refractivity contribution is 7.90. The molecule has 1 aromatic rings. The summed E-state index contributed by atoms with van der Waals surface area (Å²) in [4.78, 5) is 19.7. The van der Waals surface area contributed by atoms with Crippen molar-refractivity contribution < 1.29 is 13.2 Å². The number of carbonyl (C=O) groups excluding carboxylic acids is 1. The van der Waals surface area contributed by atoms with E-state index in [-0.39, 0.29) is 22.6 Å². The van der Waals surface area contributed by atoms with Gasteiger partial charge in [0.25, 0.3) is 10.0 Å². The Kier molecular flexibility index (Phi) is 5.37. The molecule has 2 aliphatic heterocycles. The molecule has 1 saturated heterocycles. The topological polar surface area (TPSA) is 78.8 Å². The van der Waals surface area contributed by atoms with Crippen LogP contribution in [0.25, 0.3) is 0 Å². The summed E-state index contributed by atoms with van der Waals surface area (Å²) >= 11 is 0. The molecule has 1 amide bonds. The number of likely N-dealkylation sites (tertiary alicyclic amines) is 1. The Labute approximate surface area is 155 Å². The number of nitrogens with one attached hydrogen (secondary N) is 1. The van der Waals surface area contributed by atoms with Crippen molar-refractivity contribution in [2.45, 2.75) is 51.0 Å². The Morgan fingerprint density at radius 1 is 1.27 bits per heavy atom. The normalized spacial score (nSPS) is 22.3. The minimum atomic E-state index is -3.59. The van der Waals surface area contributed by atoms with E-state index in [1.165, 1.54) is 0 Å². The van der Waals surface area contributed by atoms with Gasteiger partial charge in [-0.25, -0.2) is 8.42 Å². The number of amidine groups is 1. The standard InChI is InChI=1S/C19H27N3O3S/c1-13(2)12-16(19(23)22-10-8-14(3)9-11-22)20-18-15-6-4-5-7-17(15)26(24,25)21-18/h4-7,13-14,16H,8-12H2,1-3H3,(H,20,21)/t16-/m0/s1. The fourth-order valence-electron chi connectivity index (χ4n) is 3.48. The first-order valence-corrected chi connectivity index (χ1v) is 10.7. The number of amides is 1. The van der Waals surface area contributed by atoms with Gasteiger partial charge in [-0.2, -0.15) is 0 Å². The van der Waals surface area contributed by atoms with E-state index in [0.717, 1.165) is 25.9 Å². The number of fused-ring (bicyclic) bond motifs is 1. The van der Waals surface area contributed by atoms with Gasteiger partial charge in [-0.1, -0.05) is 32.9 Å². The highest BCUT2D eigenvalue weighted by Crippen LogP contribution is 2.24. The zero-order chi connectivity index (χ0) is 18.9. The number of carbonyl (C=O) groups is 1. The molecule has 3 rings (SSSR count). The predicted octanol–water partition coefficient (Wildman–Crippen LogP) is 2.40. The molecule has 0 radical (unpaired) electrons. The minimum Gasteiger partial charge on any atom is -0.341 e. The predicted molar refractivity (Wildman–Crippen MR) is 102 cm³/mol. The van der Waals surface area contributed by atoms with Gasteiger partial charge in [0.05, 0.1) is 4.90 Å². The van der Waals surface area contributed by atoms with Gasteiger partial charge in [0.15, 0.2) is 0 Å². The van der Waals surface area contributed by atoms with Gasteiger partial charge in [-0.05, 0) is 43.2 Å². The number of piperidine rings is 1. The van der Waals surface area contributed by atoms with Gasteiger partial charge in [-0.15, -0.1) is 0 Å². The Bertz CT molecular complexity index is 809. The third kappa shape index (κ3) is 3.92. The summed E-state index contributed by atoms with van der Waals surface area (Å²) in [5.41, 5.74) is 0.543. The van der Waals surface area contributed by atoms with E-state index in [9.17, 15) is 13.2 Å². The molecule has 0 aromatic heterocycles. The van der Waals surface area contributed by atoms with Crippen molar-refractivity contribution in [3.05, 3.63) is 29.8 Å². The van der Waals surface area contributed by atoms with Crippen molar-refractivity contribution in [1.29, 1.82) is 0 Å². The number of aliphatic imine (C=N–C) groups is 1. The zero-order valence-electron chi connectivity index (χ0n) is 15.6. The molecule has 26 heavy (non-hydrogen) atoms. The van der Waals surface area contributed by atoms with Gasteiger partial charge in [0, 0.05) is 18.7 Å².